The van der Waals surface area contributed by atoms with Gasteiger partial charge in [0.15, 0.2) is 0 Å². The second-order valence-electron chi connectivity index (χ2n) is 6.11. The first kappa shape index (κ1) is 20.9. The molecule has 0 aromatic heterocycles. The molecule has 28 heavy (non-hydrogen) atoms. The third-order valence-electron chi connectivity index (χ3n) is 4.26. The van der Waals surface area contributed by atoms with E-state index in [2.05, 4.69) is 22.4 Å². The number of benzene rings is 2. The van der Waals surface area contributed by atoms with Crippen LogP contribution in [-0.2, 0) is 0 Å². The van der Waals surface area contributed by atoms with Crippen molar-refractivity contribution in [2.24, 2.45) is 16.5 Å². The van der Waals surface area contributed by atoms with Gasteiger partial charge in [0.1, 0.15) is 5.75 Å². The first-order valence-electron chi connectivity index (χ1n) is 9.01. The second kappa shape index (κ2) is 10.7. The van der Waals surface area contributed by atoms with Gasteiger partial charge in [0, 0.05) is 36.7 Å². The van der Waals surface area contributed by atoms with E-state index in [0.717, 1.165) is 17.7 Å². The molecular formula is C22H27N5O. The van der Waals surface area contributed by atoms with Gasteiger partial charge in [-0.2, -0.15) is 0 Å². The highest BCUT2D eigenvalue weighted by molar-refractivity contribution is 6.08. The SMILES string of the molecule is CC=N/C=C(\N)Oc1ccc(C(CNC)c2ccc(/C(C=N)=C/N)cc2)cc1. The third kappa shape index (κ3) is 5.56. The van der Waals surface area contributed by atoms with Gasteiger partial charge in [-0.3, -0.25) is 4.99 Å². The van der Waals surface area contributed by atoms with Gasteiger partial charge in [0.05, 0.1) is 6.20 Å². The quantitative estimate of drug-likeness (QED) is 0.397. The van der Waals surface area contributed by atoms with Crippen molar-refractivity contribution in [2.75, 3.05) is 13.6 Å². The number of rotatable bonds is 9. The van der Waals surface area contributed by atoms with Crippen LogP contribution in [0.25, 0.3) is 5.57 Å². The summed E-state index contributed by atoms with van der Waals surface area (Å²) in [6.07, 6.45) is 5.81. The van der Waals surface area contributed by atoms with E-state index in [1.807, 2.05) is 50.4 Å². The zero-order valence-electron chi connectivity index (χ0n) is 16.2. The van der Waals surface area contributed by atoms with Crippen LogP contribution in [0.1, 0.15) is 29.5 Å². The van der Waals surface area contributed by atoms with Gasteiger partial charge in [-0.05, 0) is 42.8 Å². The number of nitrogens with zero attached hydrogens (tertiary/aromatic N) is 1. The zero-order chi connectivity index (χ0) is 20.4. The molecule has 0 fully saturated rings. The highest BCUT2D eigenvalue weighted by Gasteiger charge is 2.14. The summed E-state index contributed by atoms with van der Waals surface area (Å²) >= 11 is 0. The number of allylic oxidation sites excluding steroid dienone is 1. The molecule has 0 amide bonds. The summed E-state index contributed by atoms with van der Waals surface area (Å²) in [5, 5.41) is 10.7. The lowest BCUT2D eigenvalue weighted by Crippen LogP contribution is -2.18. The van der Waals surface area contributed by atoms with E-state index >= 15 is 0 Å². The molecule has 0 aliphatic carbocycles. The summed E-state index contributed by atoms with van der Waals surface area (Å²) in [7, 11) is 1.93. The van der Waals surface area contributed by atoms with Gasteiger partial charge in [0.2, 0.25) is 5.88 Å². The minimum atomic E-state index is 0.177. The Hall–Kier alpha value is -3.38. The first-order valence-corrected chi connectivity index (χ1v) is 9.01. The van der Waals surface area contributed by atoms with Gasteiger partial charge < -0.3 is 26.9 Å². The number of nitrogens with two attached hydrogens (primary N) is 2. The Balaban J connectivity index is 2.22. The van der Waals surface area contributed by atoms with Gasteiger partial charge in [-0.15, -0.1) is 0 Å². The fourth-order valence-corrected chi connectivity index (χ4v) is 2.85. The molecule has 1 unspecified atom stereocenters. The molecule has 0 saturated carbocycles. The molecule has 6 nitrogen and oxygen atoms in total. The summed E-state index contributed by atoms with van der Waals surface area (Å²) in [4.78, 5) is 3.94. The lowest BCUT2D eigenvalue weighted by atomic mass is 9.90. The van der Waals surface area contributed by atoms with Crippen LogP contribution in [-0.4, -0.2) is 26.0 Å². The number of nitrogens with one attached hydrogen (secondary N) is 2. The molecule has 0 radical (unpaired) electrons. The van der Waals surface area contributed by atoms with E-state index in [1.54, 1.807) is 6.21 Å². The maximum Gasteiger partial charge on any atom is 0.209 e. The average molecular weight is 377 g/mol. The van der Waals surface area contributed by atoms with Crippen LogP contribution in [0.2, 0.25) is 0 Å². The highest BCUT2D eigenvalue weighted by Crippen LogP contribution is 2.27. The molecule has 6 heteroatoms. The Morgan fingerprint density at radius 3 is 2.25 bits per heavy atom. The van der Waals surface area contributed by atoms with Crippen LogP contribution < -0.4 is 21.5 Å². The fraction of sp³-hybridized carbons (Fsp3) is 0.182. The van der Waals surface area contributed by atoms with Crippen molar-refractivity contribution in [2.45, 2.75) is 12.8 Å². The molecule has 2 aromatic rings. The molecule has 2 aromatic carbocycles. The Kier molecular flexibility index (Phi) is 7.99. The highest BCUT2D eigenvalue weighted by atomic mass is 16.5. The third-order valence-corrected chi connectivity index (χ3v) is 4.26. The van der Waals surface area contributed by atoms with Crippen molar-refractivity contribution in [3.8, 4) is 5.75 Å². The van der Waals surface area contributed by atoms with Crippen LogP contribution >= 0.6 is 0 Å². The summed E-state index contributed by atoms with van der Waals surface area (Å²) in [5.74, 6) is 1.07. The molecule has 0 bridgehead atoms. The number of hydrogen-bond donors (Lipinski definition) is 4. The minimum Gasteiger partial charge on any atom is -0.440 e. The van der Waals surface area contributed by atoms with Crippen molar-refractivity contribution in [1.29, 1.82) is 5.41 Å². The van der Waals surface area contributed by atoms with Crippen LogP contribution in [0.4, 0.5) is 0 Å². The molecule has 0 saturated heterocycles. The first-order chi connectivity index (χ1) is 13.6. The largest absolute Gasteiger partial charge is 0.440 e. The van der Waals surface area contributed by atoms with Gasteiger partial charge in [-0.25, -0.2) is 0 Å². The Labute approximate surface area is 166 Å². The lowest BCUT2D eigenvalue weighted by Gasteiger charge is -2.19. The van der Waals surface area contributed by atoms with Crippen molar-refractivity contribution in [3.05, 3.63) is 83.5 Å². The fourth-order valence-electron chi connectivity index (χ4n) is 2.85. The zero-order valence-corrected chi connectivity index (χ0v) is 16.2. The van der Waals surface area contributed by atoms with Crippen molar-refractivity contribution >= 4 is 18.0 Å². The number of likely N-dealkylation sites (N-methyl/N-ethyl adjacent to an activating group) is 1. The number of hydrogen-bond acceptors (Lipinski definition) is 6. The molecule has 6 N–H and O–H groups in total. The van der Waals surface area contributed by atoms with E-state index in [9.17, 15) is 0 Å². The maximum absolute atomic E-state index is 7.43. The predicted octanol–water partition coefficient (Wildman–Crippen LogP) is 3.21. The number of ether oxygens (including phenoxy) is 1. The van der Waals surface area contributed by atoms with E-state index in [1.165, 1.54) is 24.2 Å². The summed E-state index contributed by atoms with van der Waals surface area (Å²) < 4.78 is 5.55. The molecule has 0 spiro atoms. The van der Waals surface area contributed by atoms with Crippen LogP contribution in [0, 0.1) is 5.41 Å². The van der Waals surface area contributed by atoms with Crippen LogP contribution in [0.15, 0.2) is 71.8 Å². The smallest absolute Gasteiger partial charge is 0.209 e. The van der Waals surface area contributed by atoms with Crippen molar-refractivity contribution < 1.29 is 4.74 Å². The summed E-state index contributed by atoms with van der Waals surface area (Å²) in [6, 6.07) is 16.0. The molecule has 0 heterocycles. The standard InChI is InChI=1S/C22H27N5O/c1-3-27-15-22(25)28-20-10-8-18(9-11-20)21(14-26-2)17-6-4-16(5-7-17)19(12-23)13-24/h3-13,15,21,23,26H,14,24-25H2,1-2H3/b19-13+,22-15+,23-12?,27-3?. The molecule has 1 atom stereocenters. The Bertz CT molecular complexity index is 852. The van der Waals surface area contributed by atoms with Crippen molar-refractivity contribution in [3.63, 3.8) is 0 Å². The van der Waals surface area contributed by atoms with Gasteiger partial charge in [0.25, 0.3) is 0 Å². The van der Waals surface area contributed by atoms with Crippen LogP contribution in [0.3, 0.4) is 0 Å². The Morgan fingerprint density at radius 1 is 1.14 bits per heavy atom. The second-order valence-corrected chi connectivity index (χ2v) is 6.11. The molecule has 146 valence electrons. The van der Waals surface area contributed by atoms with E-state index in [0.29, 0.717) is 11.3 Å². The monoisotopic (exact) mass is 377 g/mol. The predicted molar refractivity (Wildman–Crippen MR) is 117 cm³/mol. The topological polar surface area (TPSA) is 110 Å². The normalized spacial score (nSPS) is 13.5. The molecule has 2 rings (SSSR count). The Morgan fingerprint density at radius 2 is 1.75 bits per heavy atom. The molecule has 0 aliphatic rings. The summed E-state index contributed by atoms with van der Waals surface area (Å²) in [6.45, 7) is 2.60. The van der Waals surface area contributed by atoms with Gasteiger partial charge >= 0.3 is 0 Å². The van der Waals surface area contributed by atoms with Crippen LogP contribution in [0.5, 0.6) is 5.75 Å². The van der Waals surface area contributed by atoms with Gasteiger partial charge in [-0.1, -0.05) is 36.4 Å². The summed E-state index contributed by atoms with van der Waals surface area (Å²) in [5.41, 5.74) is 15.3. The van der Waals surface area contributed by atoms with E-state index in [4.69, 9.17) is 21.6 Å². The molecular weight excluding hydrogens is 350 g/mol. The average Bonchev–Trinajstić information content (AvgIpc) is 2.73. The van der Waals surface area contributed by atoms with Crippen molar-refractivity contribution in [1.82, 2.24) is 5.32 Å². The molecule has 0 aliphatic heterocycles. The number of aliphatic imine (C=N–C) groups is 1. The maximum atomic E-state index is 7.43. The lowest BCUT2D eigenvalue weighted by molar-refractivity contribution is 0.418. The van der Waals surface area contributed by atoms with E-state index < -0.39 is 0 Å². The van der Waals surface area contributed by atoms with E-state index in [-0.39, 0.29) is 11.8 Å². The minimum absolute atomic E-state index is 0.177.